The van der Waals surface area contributed by atoms with Gasteiger partial charge in [0.2, 0.25) is 5.95 Å². The van der Waals surface area contributed by atoms with Crippen molar-refractivity contribution in [1.82, 2.24) is 20.5 Å². The second-order valence-electron chi connectivity index (χ2n) is 5.81. The monoisotopic (exact) mass is 291 g/mol. The number of nitrogens with zero attached hydrogens (tertiary/aromatic N) is 3. The average Bonchev–Trinajstić information content (AvgIpc) is 2.80. The van der Waals surface area contributed by atoms with Crippen molar-refractivity contribution in [2.75, 3.05) is 18.4 Å². The predicted octanol–water partition coefficient (Wildman–Crippen LogP) is 2.72. The number of anilines is 1. The van der Waals surface area contributed by atoms with Gasteiger partial charge in [-0.3, -0.25) is 0 Å². The quantitative estimate of drug-likeness (QED) is 0.597. The first-order valence-electron chi connectivity index (χ1n) is 8.53. The lowest BCUT2D eigenvalue weighted by molar-refractivity contribution is 0.468. The fourth-order valence-corrected chi connectivity index (χ4v) is 2.95. The Labute approximate surface area is 128 Å². The van der Waals surface area contributed by atoms with Crippen LogP contribution in [-0.4, -0.2) is 34.3 Å². The highest BCUT2D eigenvalue weighted by atomic mass is 15.2. The van der Waals surface area contributed by atoms with Crippen LogP contribution in [0.4, 0.5) is 5.95 Å². The minimum atomic E-state index is 0.659. The zero-order valence-corrected chi connectivity index (χ0v) is 13.5. The summed E-state index contributed by atoms with van der Waals surface area (Å²) < 4.78 is 0. The van der Waals surface area contributed by atoms with Gasteiger partial charge in [-0.2, -0.15) is 5.10 Å². The van der Waals surface area contributed by atoms with E-state index in [0.29, 0.717) is 12.0 Å². The largest absolute Gasteiger partial charge is 0.352 e. The van der Waals surface area contributed by atoms with Crippen molar-refractivity contribution in [2.24, 2.45) is 0 Å². The van der Waals surface area contributed by atoms with Crippen molar-refractivity contribution in [3.8, 4) is 0 Å². The maximum absolute atomic E-state index is 4.55. The van der Waals surface area contributed by atoms with E-state index in [-0.39, 0.29) is 0 Å². The van der Waals surface area contributed by atoms with E-state index in [0.717, 1.165) is 37.3 Å². The summed E-state index contributed by atoms with van der Waals surface area (Å²) in [7, 11) is 0. The fourth-order valence-electron chi connectivity index (χ4n) is 2.95. The third kappa shape index (κ3) is 5.23. The fraction of sp³-hybridized carbons (Fsp3) is 0.812. The predicted molar refractivity (Wildman–Crippen MR) is 86.6 cm³/mol. The van der Waals surface area contributed by atoms with Gasteiger partial charge >= 0.3 is 0 Å². The van der Waals surface area contributed by atoms with Crippen molar-refractivity contribution in [2.45, 2.75) is 71.3 Å². The first-order chi connectivity index (χ1) is 10.3. The molecule has 5 nitrogen and oxygen atoms in total. The maximum atomic E-state index is 4.55. The molecule has 0 bridgehead atoms. The number of rotatable bonds is 7. The molecule has 5 heteroatoms. The standard InChI is InChI=1S/C16H29N5/c1-3-14-15(4-2)20-21-16(19-14)18-12-11-17-13-9-7-5-6-8-10-13/h13,17H,3-12H2,1-2H3,(H,18,19,21). The van der Waals surface area contributed by atoms with Gasteiger partial charge in [0, 0.05) is 19.1 Å². The van der Waals surface area contributed by atoms with E-state index in [2.05, 4.69) is 39.7 Å². The van der Waals surface area contributed by atoms with Crippen LogP contribution in [-0.2, 0) is 12.8 Å². The molecule has 1 aliphatic rings. The average molecular weight is 291 g/mol. The van der Waals surface area contributed by atoms with Gasteiger partial charge in [-0.25, -0.2) is 4.98 Å². The Morgan fingerprint density at radius 2 is 1.62 bits per heavy atom. The molecule has 0 saturated heterocycles. The molecular weight excluding hydrogens is 262 g/mol. The molecular formula is C16H29N5. The second kappa shape index (κ2) is 8.93. The Hall–Kier alpha value is -1.23. The van der Waals surface area contributed by atoms with E-state index in [1.807, 2.05) is 0 Å². The van der Waals surface area contributed by atoms with Gasteiger partial charge in [-0.05, 0) is 25.7 Å². The number of aryl methyl sites for hydroxylation is 2. The second-order valence-corrected chi connectivity index (χ2v) is 5.81. The van der Waals surface area contributed by atoms with E-state index in [1.165, 1.54) is 38.5 Å². The Morgan fingerprint density at radius 3 is 2.29 bits per heavy atom. The van der Waals surface area contributed by atoms with Gasteiger partial charge < -0.3 is 10.6 Å². The molecule has 0 amide bonds. The summed E-state index contributed by atoms with van der Waals surface area (Å²) in [6.07, 6.45) is 10.00. The molecule has 1 aromatic heterocycles. The first kappa shape index (κ1) is 16.1. The molecule has 0 unspecified atom stereocenters. The zero-order valence-electron chi connectivity index (χ0n) is 13.5. The van der Waals surface area contributed by atoms with Crippen molar-refractivity contribution < 1.29 is 0 Å². The van der Waals surface area contributed by atoms with E-state index < -0.39 is 0 Å². The lowest BCUT2D eigenvalue weighted by Gasteiger charge is -2.16. The third-order valence-corrected chi connectivity index (χ3v) is 4.21. The molecule has 1 heterocycles. The van der Waals surface area contributed by atoms with E-state index in [1.54, 1.807) is 0 Å². The third-order valence-electron chi connectivity index (χ3n) is 4.21. The maximum Gasteiger partial charge on any atom is 0.243 e. The van der Waals surface area contributed by atoms with Crippen LogP contribution in [0.5, 0.6) is 0 Å². The highest BCUT2D eigenvalue weighted by Gasteiger charge is 2.11. The smallest absolute Gasteiger partial charge is 0.243 e. The molecule has 0 spiro atoms. The van der Waals surface area contributed by atoms with Gasteiger partial charge in [0.25, 0.3) is 0 Å². The molecule has 21 heavy (non-hydrogen) atoms. The van der Waals surface area contributed by atoms with Crippen molar-refractivity contribution >= 4 is 5.95 Å². The molecule has 0 aromatic carbocycles. The molecule has 0 radical (unpaired) electrons. The first-order valence-corrected chi connectivity index (χ1v) is 8.53. The van der Waals surface area contributed by atoms with Gasteiger partial charge in [0.1, 0.15) is 0 Å². The lowest BCUT2D eigenvalue weighted by Crippen LogP contribution is -2.32. The number of hydrogen-bond acceptors (Lipinski definition) is 5. The summed E-state index contributed by atoms with van der Waals surface area (Å²) in [5, 5.41) is 15.3. The Kier molecular flexibility index (Phi) is 6.86. The van der Waals surface area contributed by atoms with Gasteiger partial charge in [0.15, 0.2) is 0 Å². The number of aromatic nitrogens is 3. The molecule has 2 N–H and O–H groups in total. The Morgan fingerprint density at radius 1 is 0.905 bits per heavy atom. The van der Waals surface area contributed by atoms with E-state index in [9.17, 15) is 0 Å². The molecule has 0 atom stereocenters. The summed E-state index contributed by atoms with van der Waals surface area (Å²) in [4.78, 5) is 4.55. The molecule has 1 saturated carbocycles. The van der Waals surface area contributed by atoms with Crippen molar-refractivity contribution in [3.05, 3.63) is 11.4 Å². The van der Waals surface area contributed by atoms with Gasteiger partial charge in [-0.15, -0.1) is 5.10 Å². The highest BCUT2D eigenvalue weighted by molar-refractivity contribution is 5.25. The molecule has 2 rings (SSSR count). The summed E-state index contributed by atoms with van der Waals surface area (Å²) >= 11 is 0. The summed E-state index contributed by atoms with van der Waals surface area (Å²) in [6, 6.07) is 0.696. The molecule has 1 fully saturated rings. The van der Waals surface area contributed by atoms with Crippen LogP contribution in [0.25, 0.3) is 0 Å². The molecule has 1 aliphatic carbocycles. The van der Waals surface area contributed by atoms with E-state index >= 15 is 0 Å². The van der Waals surface area contributed by atoms with Crippen LogP contribution in [0.15, 0.2) is 0 Å². The zero-order chi connectivity index (χ0) is 14.9. The normalized spacial score (nSPS) is 16.7. The minimum absolute atomic E-state index is 0.659. The van der Waals surface area contributed by atoms with Crippen LogP contribution in [0.1, 0.15) is 63.8 Å². The van der Waals surface area contributed by atoms with Crippen LogP contribution in [0.2, 0.25) is 0 Å². The van der Waals surface area contributed by atoms with Crippen LogP contribution in [0, 0.1) is 0 Å². The van der Waals surface area contributed by atoms with Gasteiger partial charge in [0.05, 0.1) is 11.4 Å². The molecule has 0 aliphatic heterocycles. The summed E-state index contributed by atoms with van der Waals surface area (Å²) in [6.45, 7) is 6.02. The topological polar surface area (TPSA) is 62.7 Å². The number of nitrogens with one attached hydrogen (secondary N) is 2. The van der Waals surface area contributed by atoms with Crippen LogP contribution in [0.3, 0.4) is 0 Å². The van der Waals surface area contributed by atoms with Crippen molar-refractivity contribution in [3.63, 3.8) is 0 Å². The van der Waals surface area contributed by atoms with Crippen LogP contribution < -0.4 is 10.6 Å². The molecule has 1 aromatic rings. The Bertz CT molecular complexity index is 413. The summed E-state index contributed by atoms with van der Waals surface area (Å²) in [5.74, 6) is 0.659. The SMILES string of the molecule is CCc1nnc(NCCNC2CCCCCC2)nc1CC. The van der Waals surface area contributed by atoms with Crippen molar-refractivity contribution in [1.29, 1.82) is 0 Å². The molecule has 118 valence electrons. The van der Waals surface area contributed by atoms with Crippen LogP contribution >= 0.6 is 0 Å². The summed E-state index contributed by atoms with van der Waals surface area (Å²) in [5.41, 5.74) is 2.08. The van der Waals surface area contributed by atoms with Gasteiger partial charge in [-0.1, -0.05) is 39.5 Å². The lowest BCUT2D eigenvalue weighted by atomic mass is 10.1. The van der Waals surface area contributed by atoms with E-state index in [4.69, 9.17) is 0 Å². The minimum Gasteiger partial charge on any atom is -0.352 e. The highest BCUT2D eigenvalue weighted by Crippen LogP contribution is 2.16. The Balaban J connectivity index is 1.72. The number of hydrogen-bond donors (Lipinski definition) is 2.